The van der Waals surface area contributed by atoms with E-state index in [-0.39, 0.29) is 11.7 Å². The molecule has 1 aliphatic rings. The van der Waals surface area contributed by atoms with E-state index in [0.29, 0.717) is 0 Å². The first-order valence-electron chi connectivity index (χ1n) is 6.55. The van der Waals surface area contributed by atoms with Crippen molar-refractivity contribution in [2.75, 3.05) is 0 Å². The molecule has 1 aliphatic carbocycles. The van der Waals surface area contributed by atoms with Crippen molar-refractivity contribution in [3.63, 3.8) is 0 Å². The standard InChI is InChI=1S/C14H21NOS/c1-2-10-5-3-6-11(9-10)14(16)13(15)12-7-4-8-17-12/h4,7-8,10-11,13H,2-3,5-6,9,15H2,1H3. The van der Waals surface area contributed by atoms with Gasteiger partial charge in [-0.15, -0.1) is 11.3 Å². The Kier molecular flexibility index (Phi) is 4.35. The molecule has 0 saturated heterocycles. The Balaban J connectivity index is 1.99. The molecule has 3 unspecified atom stereocenters. The lowest BCUT2D eigenvalue weighted by molar-refractivity contribution is -0.125. The molecule has 0 spiro atoms. The molecule has 0 radical (unpaired) electrons. The zero-order chi connectivity index (χ0) is 12.3. The molecule has 0 aromatic carbocycles. The fourth-order valence-corrected chi connectivity index (χ4v) is 3.52. The molecule has 2 rings (SSSR count). The topological polar surface area (TPSA) is 43.1 Å². The average Bonchev–Trinajstić information content (AvgIpc) is 2.91. The Labute approximate surface area is 107 Å². The highest BCUT2D eigenvalue weighted by Gasteiger charge is 2.30. The second kappa shape index (κ2) is 5.78. The van der Waals surface area contributed by atoms with Crippen LogP contribution in [0.15, 0.2) is 17.5 Å². The van der Waals surface area contributed by atoms with Gasteiger partial charge in [-0.25, -0.2) is 0 Å². The summed E-state index contributed by atoms with van der Waals surface area (Å²) in [5, 5.41) is 1.98. The number of nitrogens with two attached hydrogens (primary N) is 1. The maximum atomic E-state index is 12.3. The van der Waals surface area contributed by atoms with Crippen LogP contribution in [0.5, 0.6) is 0 Å². The Morgan fingerprint density at radius 2 is 2.41 bits per heavy atom. The van der Waals surface area contributed by atoms with Crippen molar-refractivity contribution < 1.29 is 4.79 Å². The maximum Gasteiger partial charge on any atom is 0.157 e. The van der Waals surface area contributed by atoms with Crippen LogP contribution < -0.4 is 5.73 Å². The first-order chi connectivity index (χ1) is 8.22. The van der Waals surface area contributed by atoms with Crippen molar-refractivity contribution in [2.45, 2.75) is 45.1 Å². The first-order valence-corrected chi connectivity index (χ1v) is 7.43. The molecule has 3 atom stereocenters. The third-order valence-electron chi connectivity index (χ3n) is 3.92. The third-order valence-corrected chi connectivity index (χ3v) is 4.87. The molecule has 0 amide bonds. The van der Waals surface area contributed by atoms with Crippen molar-refractivity contribution in [3.8, 4) is 0 Å². The van der Waals surface area contributed by atoms with Gasteiger partial charge in [0.1, 0.15) is 0 Å². The summed E-state index contributed by atoms with van der Waals surface area (Å²) < 4.78 is 0. The zero-order valence-corrected chi connectivity index (χ0v) is 11.2. The molecule has 1 aromatic heterocycles. The Bertz CT molecular complexity index is 360. The Morgan fingerprint density at radius 1 is 1.59 bits per heavy atom. The molecular formula is C14H21NOS. The van der Waals surface area contributed by atoms with Crippen LogP contribution in [-0.4, -0.2) is 5.78 Å². The van der Waals surface area contributed by atoms with E-state index in [1.165, 1.54) is 19.3 Å². The summed E-state index contributed by atoms with van der Waals surface area (Å²) in [6.07, 6.45) is 5.75. The van der Waals surface area contributed by atoms with Crippen LogP contribution in [0, 0.1) is 11.8 Å². The second-order valence-electron chi connectivity index (χ2n) is 5.03. The minimum Gasteiger partial charge on any atom is -0.317 e. The number of carbonyl (C=O) groups is 1. The predicted molar refractivity (Wildman–Crippen MR) is 72.0 cm³/mol. The molecule has 1 saturated carbocycles. The van der Waals surface area contributed by atoms with Crippen molar-refractivity contribution in [3.05, 3.63) is 22.4 Å². The quantitative estimate of drug-likeness (QED) is 0.889. The van der Waals surface area contributed by atoms with Crippen molar-refractivity contribution >= 4 is 17.1 Å². The molecule has 3 heteroatoms. The molecule has 17 heavy (non-hydrogen) atoms. The monoisotopic (exact) mass is 251 g/mol. The maximum absolute atomic E-state index is 12.3. The van der Waals surface area contributed by atoms with E-state index < -0.39 is 6.04 Å². The lowest BCUT2D eigenvalue weighted by atomic mass is 9.77. The first kappa shape index (κ1) is 12.8. The van der Waals surface area contributed by atoms with Gasteiger partial charge < -0.3 is 5.73 Å². The molecule has 1 heterocycles. The van der Waals surface area contributed by atoms with Gasteiger partial charge in [0.05, 0.1) is 6.04 Å². The SMILES string of the molecule is CCC1CCCC(C(=O)C(N)c2cccs2)C1. The molecule has 0 bridgehead atoms. The molecule has 2 nitrogen and oxygen atoms in total. The number of ketones is 1. The average molecular weight is 251 g/mol. The highest BCUT2D eigenvalue weighted by atomic mass is 32.1. The van der Waals surface area contributed by atoms with Gasteiger partial charge in [0.25, 0.3) is 0 Å². The summed E-state index contributed by atoms with van der Waals surface area (Å²) in [6.45, 7) is 2.22. The second-order valence-corrected chi connectivity index (χ2v) is 6.01. The third kappa shape index (κ3) is 2.96. The summed E-state index contributed by atoms with van der Waals surface area (Å²) in [4.78, 5) is 13.3. The highest BCUT2D eigenvalue weighted by molar-refractivity contribution is 7.10. The Hall–Kier alpha value is -0.670. The number of thiophene rings is 1. The normalized spacial score (nSPS) is 26.7. The minimum atomic E-state index is -0.393. The van der Waals surface area contributed by atoms with Gasteiger partial charge in [0, 0.05) is 10.8 Å². The van der Waals surface area contributed by atoms with Gasteiger partial charge in [-0.2, -0.15) is 0 Å². The van der Waals surface area contributed by atoms with Gasteiger partial charge in [0.15, 0.2) is 5.78 Å². The molecular weight excluding hydrogens is 230 g/mol. The van der Waals surface area contributed by atoms with Gasteiger partial charge in [-0.05, 0) is 30.2 Å². The van der Waals surface area contributed by atoms with Crippen molar-refractivity contribution in [2.24, 2.45) is 17.6 Å². The number of hydrogen-bond donors (Lipinski definition) is 1. The van der Waals surface area contributed by atoms with Gasteiger partial charge in [0.2, 0.25) is 0 Å². The van der Waals surface area contributed by atoms with E-state index in [1.807, 2.05) is 17.5 Å². The van der Waals surface area contributed by atoms with E-state index in [9.17, 15) is 4.79 Å². The molecule has 2 N–H and O–H groups in total. The van der Waals surface area contributed by atoms with Crippen LogP contribution in [0.25, 0.3) is 0 Å². The molecule has 0 aliphatic heterocycles. The van der Waals surface area contributed by atoms with Crippen LogP contribution in [0.4, 0.5) is 0 Å². The number of Topliss-reactive ketones (excluding diaryl/α,β-unsaturated/α-hetero) is 1. The summed E-state index contributed by atoms with van der Waals surface area (Å²) >= 11 is 1.58. The van der Waals surface area contributed by atoms with E-state index in [1.54, 1.807) is 11.3 Å². The molecule has 1 aromatic rings. The summed E-state index contributed by atoms with van der Waals surface area (Å²) in [7, 11) is 0. The smallest absolute Gasteiger partial charge is 0.157 e. The minimum absolute atomic E-state index is 0.200. The van der Waals surface area contributed by atoms with Crippen molar-refractivity contribution in [1.29, 1.82) is 0 Å². The highest BCUT2D eigenvalue weighted by Crippen LogP contribution is 2.34. The lowest BCUT2D eigenvalue weighted by Gasteiger charge is -2.28. The van der Waals surface area contributed by atoms with Crippen LogP contribution in [0.2, 0.25) is 0 Å². The zero-order valence-electron chi connectivity index (χ0n) is 10.4. The van der Waals surface area contributed by atoms with Crippen LogP contribution in [0.3, 0.4) is 0 Å². The van der Waals surface area contributed by atoms with Gasteiger partial charge >= 0.3 is 0 Å². The summed E-state index contributed by atoms with van der Waals surface area (Å²) in [5.41, 5.74) is 6.06. The van der Waals surface area contributed by atoms with Crippen LogP contribution in [-0.2, 0) is 4.79 Å². The van der Waals surface area contributed by atoms with Gasteiger partial charge in [-0.1, -0.05) is 32.3 Å². The predicted octanol–water partition coefficient (Wildman–Crippen LogP) is 3.53. The summed E-state index contributed by atoms with van der Waals surface area (Å²) in [5.74, 6) is 1.18. The summed E-state index contributed by atoms with van der Waals surface area (Å²) in [6, 6.07) is 3.53. The largest absolute Gasteiger partial charge is 0.317 e. The number of carbonyl (C=O) groups excluding carboxylic acids is 1. The molecule has 1 fully saturated rings. The van der Waals surface area contributed by atoms with E-state index in [4.69, 9.17) is 5.73 Å². The Morgan fingerprint density at radius 3 is 3.06 bits per heavy atom. The lowest BCUT2D eigenvalue weighted by Crippen LogP contribution is -2.31. The van der Waals surface area contributed by atoms with Gasteiger partial charge in [-0.3, -0.25) is 4.79 Å². The van der Waals surface area contributed by atoms with Crippen molar-refractivity contribution in [1.82, 2.24) is 0 Å². The fraction of sp³-hybridized carbons (Fsp3) is 0.643. The molecule has 94 valence electrons. The number of hydrogen-bond acceptors (Lipinski definition) is 3. The van der Waals surface area contributed by atoms with Crippen LogP contribution >= 0.6 is 11.3 Å². The van der Waals surface area contributed by atoms with E-state index >= 15 is 0 Å². The van der Waals surface area contributed by atoms with E-state index in [0.717, 1.165) is 23.6 Å². The fourth-order valence-electron chi connectivity index (χ4n) is 2.78. The number of rotatable bonds is 4. The van der Waals surface area contributed by atoms with E-state index in [2.05, 4.69) is 6.92 Å². The van der Waals surface area contributed by atoms with Crippen LogP contribution in [0.1, 0.15) is 49.9 Å².